The number of hydrogen-bond donors (Lipinski definition) is 0. The average Bonchev–Trinajstić information content (AvgIpc) is 2.45. The predicted molar refractivity (Wildman–Crippen MR) is 76.0 cm³/mol. The van der Waals surface area contributed by atoms with Gasteiger partial charge in [-0.3, -0.25) is 0 Å². The van der Waals surface area contributed by atoms with Gasteiger partial charge in [-0.25, -0.2) is 0 Å². The first-order valence-electron chi connectivity index (χ1n) is 7.21. The van der Waals surface area contributed by atoms with E-state index in [-0.39, 0.29) is 0 Å². The van der Waals surface area contributed by atoms with Crippen LogP contribution >= 0.6 is 0 Å². The highest BCUT2D eigenvalue weighted by Crippen LogP contribution is 2.14. The van der Waals surface area contributed by atoms with Crippen molar-refractivity contribution in [3.05, 3.63) is 35.9 Å². The molecule has 0 bridgehead atoms. The lowest BCUT2D eigenvalue weighted by Gasteiger charge is -2.26. The minimum Gasteiger partial charge on any atom is -0.379 e. The van der Waals surface area contributed by atoms with Gasteiger partial charge < -0.3 is 9.64 Å². The number of piperidine rings is 1. The molecule has 1 aromatic rings. The molecule has 0 spiro atoms. The van der Waals surface area contributed by atoms with Gasteiger partial charge in [-0.2, -0.15) is 0 Å². The fourth-order valence-electron chi connectivity index (χ4n) is 2.51. The number of ether oxygens (including phenoxy) is 1. The van der Waals surface area contributed by atoms with Gasteiger partial charge in [-0.1, -0.05) is 43.7 Å². The molecule has 18 heavy (non-hydrogen) atoms. The molecule has 0 N–H and O–H groups in total. The molecule has 1 atom stereocenters. The highest BCUT2D eigenvalue weighted by Gasteiger charge is 2.10. The van der Waals surface area contributed by atoms with Crippen LogP contribution in [0.1, 0.15) is 37.7 Å². The van der Waals surface area contributed by atoms with E-state index >= 15 is 0 Å². The maximum Gasteiger partial charge on any atom is 0.0593 e. The third-order valence-electron chi connectivity index (χ3n) is 3.74. The van der Waals surface area contributed by atoms with Crippen molar-refractivity contribution in [1.82, 2.24) is 4.90 Å². The van der Waals surface area contributed by atoms with Crippen LogP contribution in [0.25, 0.3) is 0 Å². The molecule has 0 aliphatic carbocycles. The van der Waals surface area contributed by atoms with Gasteiger partial charge in [0.15, 0.2) is 0 Å². The Morgan fingerprint density at radius 2 is 1.83 bits per heavy atom. The summed E-state index contributed by atoms with van der Waals surface area (Å²) in [5, 5.41) is 0. The van der Waals surface area contributed by atoms with Gasteiger partial charge >= 0.3 is 0 Å². The van der Waals surface area contributed by atoms with E-state index < -0.39 is 0 Å². The molecule has 0 unspecified atom stereocenters. The van der Waals surface area contributed by atoms with Crippen LogP contribution in [-0.2, 0) is 4.74 Å². The van der Waals surface area contributed by atoms with E-state index in [1.54, 1.807) is 0 Å². The standard InChI is InChI=1S/C16H25NO/c1-15(16-8-4-2-5-9-16)14-18-13-12-17-10-6-3-7-11-17/h2,4-5,8-9,15H,3,6-7,10-14H2,1H3/t15-/m1/s1. The van der Waals surface area contributed by atoms with Gasteiger partial charge in [0.05, 0.1) is 13.2 Å². The van der Waals surface area contributed by atoms with Crippen LogP contribution in [0, 0.1) is 0 Å². The van der Waals surface area contributed by atoms with E-state index in [2.05, 4.69) is 42.2 Å². The van der Waals surface area contributed by atoms with Gasteiger partial charge in [0.2, 0.25) is 0 Å². The Morgan fingerprint density at radius 3 is 2.56 bits per heavy atom. The SMILES string of the molecule is C[C@H](COCCN1CCCCC1)c1ccccc1. The molecule has 0 radical (unpaired) electrons. The quantitative estimate of drug-likeness (QED) is 0.715. The monoisotopic (exact) mass is 247 g/mol. The Balaban J connectivity index is 1.60. The van der Waals surface area contributed by atoms with Gasteiger partial charge in [-0.15, -0.1) is 0 Å². The molecule has 2 rings (SSSR count). The summed E-state index contributed by atoms with van der Waals surface area (Å²) in [6.07, 6.45) is 4.13. The molecule has 1 aliphatic heterocycles. The van der Waals surface area contributed by atoms with Crippen molar-refractivity contribution in [3.63, 3.8) is 0 Å². The topological polar surface area (TPSA) is 12.5 Å². The number of nitrogens with zero attached hydrogens (tertiary/aromatic N) is 1. The van der Waals surface area contributed by atoms with E-state index in [1.807, 2.05) is 0 Å². The molecular formula is C16H25NO. The first-order valence-corrected chi connectivity index (χ1v) is 7.21. The van der Waals surface area contributed by atoms with Crippen LogP contribution in [0.5, 0.6) is 0 Å². The van der Waals surface area contributed by atoms with Gasteiger partial charge in [0.1, 0.15) is 0 Å². The molecule has 1 aromatic carbocycles. The second-order valence-electron chi connectivity index (χ2n) is 5.29. The van der Waals surface area contributed by atoms with Crippen LogP contribution in [0.3, 0.4) is 0 Å². The van der Waals surface area contributed by atoms with Gasteiger partial charge in [-0.05, 0) is 31.5 Å². The molecule has 2 nitrogen and oxygen atoms in total. The molecule has 100 valence electrons. The summed E-state index contributed by atoms with van der Waals surface area (Å²) in [5.74, 6) is 0.493. The van der Waals surface area contributed by atoms with E-state index in [1.165, 1.54) is 37.9 Å². The van der Waals surface area contributed by atoms with E-state index in [0.29, 0.717) is 5.92 Å². The average molecular weight is 247 g/mol. The minimum absolute atomic E-state index is 0.493. The third-order valence-corrected chi connectivity index (χ3v) is 3.74. The Kier molecular flexibility index (Phi) is 5.69. The van der Waals surface area contributed by atoms with Crippen LogP contribution in [-0.4, -0.2) is 37.7 Å². The van der Waals surface area contributed by atoms with Crippen molar-refractivity contribution in [2.75, 3.05) is 32.8 Å². The Hall–Kier alpha value is -0.860. The van der Waals surface area contributed by atoms with Crippen molar-refractivity contribution in [2.24, 2.45) is 0 Å². The normalized spacial score (nSPS) is 18.7. The summed E-state index contributed by atoms with van der Waals surface area (Å²) in [6, 6.07) is 10.6. The summed E-state index contributed by atoms with van der Waals surface area (Å²) in [4.78, 5) is 2.52. The summed E-state index contributed by atoms with van der Waals surface area (Å²) >= 11 is 0. The first kappa shape index (κ1) is 13.6. The fraction of sp³-hybridized carbons (Fsp3) is 0.625. The summed E-state index contributed by atoms with van der Waals surface area (Å²) in [7, 11) is 0. The fourth-order valence-corrected chi connectivity index (χ4v) is 2.51. The molecule has 2 heteroatoms. The van der Waals surface area contributed by atoms with Gasteiger partial charge in [0.25, 0.3) is 0 Å². The molecule has 1 fully saturated rings. The van der Waals surface area contributed by atoms with Crippen molar-refractivity contribution in [2.45, 2.75) is 32.1 Å². The second kappa shape index (κ2) is 7.55. The van der Waals surface area contributed by atoms with E-state index in [0.717, 1.165) is 19.8 Å². The van der Waals surface area contributed by atoms with E-state index in [4.69, 9.17) is 4.74 Å². The summed E-state index contributed by atoms with van der Waals surface area (Å²) in [6.45, 7) is 7.56. The highest BCUT2D eigenvalue weighted by molar-refractivity contribution is 5.18. The van der Waals surface area contributed by atoms with Crippen LogP contribution in [0.2, 0.25) is 0 Å². The number of rotatable bonds is 6. The smallest absolute Gasteiger partial charge is 0.0593 e. The van der Waals surface area contributed by atoms with Gasteiger partial charge in [0, 0.05) is 12.5 Å². The number of likely N-dealkylation sites (tertiary alicyclic amines) is 1. The molecule has 1 aliphatic rings. The van der Waals surface area contributed by atoms with Crippen LogP contribution in [0.4, 0.5) is 0 Å². The summed E-state index contributed by atoms with van der Waals surface area (Å²) in [5.41, 5.74) is 1.37. The number of benzene rings is 1. The minimum atomic E-state index is 0.493. The van der Waals surface area contributed by atoms with Crippen molar-refractivity contribution in [3.8, 4) is 0 Å². The second-order valence-corrected chi connectivity index (χ2v) is 5.29. The molecule has 0 amide bonds. The number of hydrogen-bond acceptors (Lipinski definition) is 2. The zero-order chi connectivity index (χ0) is 12.6. The zero-order valence-corrected chi connectivity index (χ0v) is 11.5. The molecule has 0 saturated carbocycles. The van der Waals surface area contributed by atoms with Crippen molar-refractivity contribution >= 4 is 0 Å². The largest absolute Gasteiger partial charge is 0.379 e. The lowest BCUT2D eigenvalue weighted by Crippen LogP contribution is -2.32. The highest BCUT2D eigenvalue weighted by atomic mass is 16.5. The molecular weight excluding hydrogens is 222 g/mol. The molecule has 0 aromatic heterocycles. The Morgan fingerprint density at radius 1 is 1.11 bits per heavy atom. The lowest BCUT2D eigenvalue weighted by molar-refractivity contribution is 0.0894. The van der Waals surface area contributed by atoms with E-state index in [9.17, 15) is 0 Å². The maximum absolute atomic E-state index is 5.81. The summed E-state index contributed by atoms with van der Waals surface area (Å²) < 4.78 is 5.81. The Bertz CT molecular complexity index is 319. The third kappa shape index (κ3) is 4.43. The van der Waals surface area contributed by atoms with Crippen molar-refractivity contribution in [1.29, 1.82) is 0 Å². The zero-order valence-electron chi connectivity index (χ0n) is 11.5. The maximum atomic E-state index is 5.81. The van der Waals surface area contributed by atoms with Crippen molar-refractivity contribution < 1.29 is 4.74 Å². The van der Waals surface area contributed by atoms with Crippen LogP contribution < -0.4 is 0 Å². The van der Waals surface area contributed by atoms with Crippen LogP contribution in [0.15, 0.2) is 30.3 Å². The molecule has 1 saturated heterocycles. The predicted octanol–water partition coefficient (Wildman–Crippen LogP) is 3.29. The first-order chi connectivity index (χ1) is 8.86. The Labute approximate surface area is 111 Å². The lowest BCUT2D eigenvalue weighted by atomic mass is 10.0. The molecule has 1 heterocycles.